The van der Waals surface area contributed by atoms with E-state index in [2.05, 4.69) is 5.32 Å². The van der Waals surface area contributed by atoms with Crippen molar-refractivity contribution in [3.8, 4) is 5.75 Å². The first-order valence-corrected chi connectivity index (χ1v) is 11.7. The van der Waals surface area contributed by atoms with Crippen molar-refractivity contribution in [3.05, 3.63) is 89.7 Å². The summed E-state index contributed by atoms with van der Waals surface area (Å²) in [4.78, 5) is 12.0. The Balaban J connectivity index is 1.64. The molecule has 0 aliphatic carbocycles. The first-order chi connectivity index (χ1) is 15.9. The number of rotatable bonds is 8. The standard InChI is InChI=1S/C23H20F4N2O4S/c1-34(31,32)29(14-16-5-3-2-4-6-16)18-8-10-19(11-9-18)33-15-22(30)28-17-7-12-21(24)20(13-17)23(25,26)27/h2-13H,14-15H2,1H3,(H,28,30). The second kappa shape index (κ2) is 10.1. The number of benzene rings is 3. The monoisotopic (exact) mass is 496 g/mol. The zero-order valence-corrected chi connectivity index (χ0v) is 18.7. The van der Waals surface area contributed by atoms with Crippen molar-refractivity contribution >= 4 is 27.3 Å². The van der Waals surface area contributed by atoms with Gasteiger partial charge in [-0.2, -0.15) is 13.2 Å². The summed E-state index contributed by atoms with van der Waals surface area (Å²) in [5, 5.41) is 2.21. The lowest BCUT2D eigenvalue weighted by Gasteiger charge is -2.22. The molecule has 0 aliphatic rings. The van der Waals surface area contributed by atoms with Crippen LogP contribution in [0.1, 0.15) is 11.1 Å². The van der Waals surface area contributed by atoms with Crippen molar-refractivity contribution in [1.82, 2.24) is 0 Å². The van der Waals surface area contributed by atoms with Crippen molar-refractivity contribution < 1.29 is 35.5 Å². The number of carbonyl (C=O) groups excluding carboxylic acids is 1. The third kappa shape index (κ3) is 6.70. The Morgan fingerprint density at radius 1 is 1.00 bits per heavy atom. The van der Waals surface area contributed by atoms with Crippen LogP contribution in [0, 0.1) is 5.82 Å². The number of hydrogen-bond donors (Lipinski definition) is 1. The Bertz CT molecular complexity index is 1250. The van der Waals surface area contributed by atoms with Gasteiger partial charge < -0.3 is 10.1 Å². The van der Waals surface area contributed by atoms with Crippen molar-refractivity contribution in [1.29, 1.82) is 0 Å². The largest absolute Gasteiger partial charge is 0.484 e. The maximum Gasteiger partial charge on any atom is 0.419 e. The van der Waals surface area contributed by atoms with E-state index in [0.29, 0.717) is 17.8 Å². The average Bonchev–Trinajstić information content (AvgIpc) is 2.77. The minimum Gasteiger partial charge on any atom is -0.484 e. The van der Waals surface area contributed by atoms with E-state index in [1.807, 2.05) is 6.07 Å². The lowest BCUT2D eigenvalue weighted by molar-refractivity contribution is -0.140. The number of nitrogens with zero attached hydrogens (tertiary/aromatic N) is 1. The molecule has 0 aliphatic heterocycles. The molecule has 3 aromatic carbocycles. The third-order valence-corrected chi connectivity index (χ3v) is 5.76. The maximum absolute atomic E-state index is 13.4. The van der Waals surface area contributed by atoms with Gasteiger partial charge in [0.1, 0.15) is 11.6 Å². The molecule has 6 nitrogen and oxygen atoms in total. The topological polar surface area (TPSA) is 75.7 Å². The van der Waals surface area contributed by atoms with E-state index in [-0.39, 0.29) is 18.0 Å². The summed E-state index contributed by atoms with van der Waals surface area (Å²) >= 11 is 0. The highest BCUT2D eigenvalue weighted by molar-refractivity contribution is 7.92. The van der Waals surface area contributed by atoms with E-state index in [1.54, 1.807) is 24.3 Å². The summed E-state index contributed by atoms with van der Waals surface area (Å²) in [7, 11) is -3.58. The lowest BCUT2D eigenvalue weighted by Crippen LogP contribution is -2.29. The van der Waals surface area contributed by atoms with Crippen LogP contribution in [0.15, 0.2) is 72.8 Å². The Morgan fingerprint density at radius 2 is 1.65 bits per heavy atom. The molecule has 0 aromatic heterocycles. The third-order valence-electron chi connectivity index (χ3n) is 4.62. The van der Waals surface area contributed by atoms with E-state index in [0.717, 1.165) is 17.9 Å². The first-order valence-electron chi connectivity index (χ1n) is 9.84. The second-order valence-corrected chi connectivity index (χ2v) is 9.19. The minimum atomic E-state index is -4.90. The van der Waals surface area contributed by atoms with Crippen LogP contribution in [0.2, 0.25) is 0 Å². The van der Waals surface area contributed by atoms with E-state index in [1.165, 1.54) is 28.6 Å². The summed E-state index contributed by atoms with van der Waals surface area (Å²) in [6, 6.07) is 17.1. The van der Waals surface area contributed by atoms with Gasteiger partial charge in [-0.3, -0.25) is 9.10 Å². The number of alkyl halides is 3. The molecule has 34 heavy (non-hydrogen) atoms. The Hall–Kier alpha value is -3.60. The highest BCUT2D eigenvalue weighted by Gasteiger charge is 2.34. The van der Waals surface area contributed by atoms with Crippen LogP contribution in [-0.4, -0.2) is 27.2 Å². The van der Waals surface area contributed by atoms with Gasteiger partial charge in [0.25, 0.3) is 5.91 Å². The van der Waals surface area contributed by atoms with Gasteiger partial charge in [0.15, 0.2) is 6.61 Å². The van der Waals surface area contributed by atoms with E-state index in [9.17, 15) is 30.8 Å². The molecule has 0 spiro atoms. The zero-order chi connectivity index (χ0) is 24.9. The quantitative estimate of drug-likeness (QED) is 0.454. The molecule has 0 unspecified atom stereocenters. The Labute approximate surface area is 193 Å². The minimum absolute atomic E-state index is 0.125. The van der Waals surface area contributed by atoms with Crippen molar-refractivity contribution in [2.75, 3.05) is 22.5 Å². The number of ether oxygens (including phenoxy) is 1. The molecular weight excluding hydrogens is 476 g/mol. The summed E-state index contributed by atoms with van der Waals surface area (Å²) in [5.41, 5.74) is -0.552. The predicted molar refractivity (Wildman–Crippen MR) is 119 cm³/mol. The number of carbonyl (C=O) groups is 1. The molecular formula is C23H20F4N2O4S. The molecule has 180 valence electrons. The van der Waals surface area contributed by atoms with Crippen molar-refractivity contribution in [2.24, 2.45) is 0 Å². The van der Waals surface area contributed by atoms with E-state index >= 15 is 0 Å². The van der Waals surface area contributed by atoms with Crippen molar-refractivity contribution in [2.45, 2.75) is 12.7 Å². The predicted octanol–water partition coefficient (Wildman–Crippen LogP) is 4.83. The number of amides is 1. The molecule has 0 fully saturated rings. The van der Waals surface area contributed by atoms with Gasteiger partial charge >= 0.3 is 6.18 Å². The van der Waals surface area contributed by atoms with Crippen LogP contribution >= 0.6 is 0 Å². The summed E-state index contributed by atoms with van der Waals surface area (Å²) in [5.74, 6) is -1.97. The van der Waals surface area contributed by atoms with Crippen molar-refractivity contribution in [3.63, 3.8) is 0 Å². The molecule has 3 rings (SSSR count). The van der Waals surface area contributed by atoms with Gasteiger partial charge in [-0.1, -0.05) is 30.3 Å². The van der Waals surface area contributed by atoms with Crippen LogP contribution in [-0.2, 0) is 27.5 Å². The molecule has 0 bridgehead atoms. The summed E-state index contributed by atoms with van der Waals surface area (Å²) in [6.45, 7) is -0.405. The van der Waals surface area contributed by atoms with Crippen LogP contribution < -0.4 is 14.4 Å². The Morgan fingerprint density at radius 3 is 2.24 bits per heavy atom. The molecule has 0 saturated heterocycles. The fraction of sp³-hybridized carbons (Fsp3) is 0.174. The normalized spacial score (nSPS) is 11.7. The zero-order valence-electron chi connectivity index (χ0n) is 17.8. The number of sulfonamides is 1. The molecule has 0 heterocycles. The van der Waals surface area contributed by atoms with Crippen LogP contribution in [0.5, 0.6) is 5.75 Å². The van der Waals surface area contributed by atoms with Gasteiger partial charge in [-0.15, -0.1) is 0 Å². The van der Waals surface area contributed by atoms with E-state index < -0.39 is 40.1 Å². The van der Waals surface area contributed by atoms with Gasteiger partial charge in [0.2, 0.25) is 10.0 Å². The van der Waals surface area contributed by atoms with Gasteiger partial charge in [0, 0.05) is 5.69 Å². The van der Waals surface area contributed by atoms with E-state index in [4.69, 9.17) is 4.74 Å². The molecule has 0 radical (unpaired) electrons. The van der Waals surface area contributed by atoms with Crippen LogP contribution in [0.3, 0.4) is 0 Å². The summed E-state index contributed by atoms with van der Waals surface area (Å²) in [6.07, 6.45) is -3.81. The van der Waals surface area contributed by atoms with Gasteiger partial charge in [0.05, 0.1) is 24.1 Å². The highest BCUT2D eigenvalue weighted by Crippen LogP contribution is 2.33. The number of anilines is 2. The molecule has 1 amide bonds. The molecule has 1 N–H and O–H groups in total. The average molecular weight is 496 g/mol. The number of halogens is 4. The van der Waals surface area contributed by atoms with Gasteiger partial charge in [-0.25, -0.2) is 12.8 Å². The Kier molecular flexibility index (Phi) is 7.45. The highest BCUT2D eigenvalue weighted by atomic mass is 32.2. The van der Waals surface area contributed by atoms with Gasteiger partial charge in [-0.05, 0) is 48.0 Å². The lowest BCUT2D eigenvalue weighted by atomic mass is 10.2. The maximum atomic E-state index is 13.4. The number of nitrogens with one attached hydrogen (secondary N) is 1. The molecule has 0 saturated carbocycles. The second-order valence-electron chi connectivity index (χ2n) is 7.28. The smallest absolute Gasteiger partial charge is 0.419 e. The SMILES string of the molecule is CS(=O)(=O)N(Cc1ccccc1)c1ccc(OCC(=O)Nc2ccc(F)c(C(F)(F)F)c2)cc1. The molecule has 3 aromatic rings. The van der Waals surface area contributed by atoms with Crippen LogP contribution in [0.4, 0.5) is 28.9 Å². The molecule has 11 heteroatoms. The molecule has 0 atom stereocenters. The first kappa shape index (κ1) is 25.0. The number of hydrogen-bond acceptors (Lipinski definition) is 4. The fourth-order valence-electron chi connectivity index (χ4n) is 3.02. The summed E-state index contributed by atoms with van der Waals surface area (Å²) < 4.78 is 82.8. The fourth-order valence-corrected chi connectivity index (χ4v) is 3.91. The van der Waals surface area contributed by atoms with Crippen LogP contribution in [0.25, 0.3) is 0 Å².